The van der Waals surface area contributed by atoms with E-state index in [2.05, 4.69) is 36.8 Å². The topological polar surface area (TPSA) is 69.8 Å². The Hall–Kier alpha value is -1.82. The van der Waals surface area contributed by atoms with Gasteiger partial charge in [-0.05, 0) is 24.1 Å². The average Bonchev–Trinajstić information content (AvgIpc) is 2.71. The highest BCUT2D eigenvalue weighted by atomic mass is 79.9. The van der Waals surface area contributed by atoms with Crippen molar-refractivity contribution in [2.24, 2.45) is 0 Å². The van der Waals surface area contributed by atoms with Gasteiger partial charge in [-0.2, -0.15) is 5.10 Å². The first-order valence-electron chi connectivity index (χ1n) is 6.02. The lowest BCUT2D eigenvalue weighted by Gasteiger charge is -2.08. The summed E-state index contributed by atoms with van der Waals surface area (Å²) < 4.78 is 0.915. The van der Waals surface area contributed by atoms with Crippen LogP contribution < -0.4 is 10.6 Å². The molecular weight excluding hydrogens is 308 g/mol. The molecule has 1 aromatic heterocycles. The minimum Gasteiger partial charge on any atom is -0.336 e. The number of nitrogens with zero attached hydrogens (tertiary/aromatic N) is 1. The molecule has 6 heteroatoms. The Kier molecular flexibility index (Phi) is 2.82. The lowest BCUT2D eigenvalue weighted by Crippen LogP contribution is -2.12. The van der Waals surface area contributed by atoms with Gasteiger partial charge in [0.05, 0.1) is 17.1 Å². The molecule has 2 heterocycles. The molecule has 2 aromatic rings. The molecule has 98 valence electrons. The maximum Gasteiger partial charge on any atom is 0.261 e. The summed E-state index contributed by atoms with van der Waals surface area (Å²) in [6.07, 6.45) is 0. The van der Waals surface area contributed by atoms with Crippen LogP contribution in [-0.4, -0.2) is 16.1 Å². The molecule has 3 rings (SSSR count). The third kappa shape index (κ3) is 2.02. The van der Waals surface area contributed by atoms with Crippen LogP contribution in [0, 0.1) is 0 Å². The number of fused-ring (bicyclic) bond motifs is 2. The Balaban J connectivity index is 2.13. The van der Waals surface area contributed by atoms with Crippen molar-refractivity contribution in [3.8, 4) is 0 Å². The molecular formula is C13H13BrN4O. The smallest absolute Gasteiger partial charge is 0.261 e. The molecule has 0 bridgehead atoms. The van der Waals surface area contributed by atoms with E-state index >= 15 is 0 Å². The number of rotatable bonds is 1. The molecule has 5 nitrogen and oxygen atoms in total. The number of hydrogen-bond acceptors (Lipinski definition) is 3. The Bertz CT molecular complexity index is 663. The van der Waals surface area contributed by atoms with E-state index in [-0.39, 0.29) is 11.8 Å². The minimum atomic E-state index is -0.142. The molecule has 1 amide bonds. The van der Waals surface area contributed by atoms with Crippen LogP contribution in [0.2, 0.25) is 0 Å². The van der Waals surface area contributed by atoms with Crippen molar-refractivity contribution < 1.29 is 4.79 Å². The van der Waals surface area contributed by atoms with Crippen LogP contribution in [0.1, 0.15) is 35.8 Å². The lowest BCUT2D eigenvalue weighted by atomic mass is 10.1. The zero-order chi connectivity index (χ0) is 13.6. The van der Waals surface area contributed by atoms with Gasteiger partial charge in [0.2, 0.25) is 0 Å². The number of aromatic nitrogens is 2. The number of anilines is 3. The number of hydrogen-bond donors (Lipinski definition) is 3. The van der Waals surface area contributed by atoms with Crippen molar-refractivity contribution >= 4 is 39.0 Å². The second kappa shape index (κ2) is 4.38. The zero-order valence-electron chi connectivity index (χ0n) is 10.5. The number of aromatic amines is 1. The van der Waals surface area contributed by atoms with Crippen LogP contribution in [0.5, 0.6) is 0 Å². The number of H-pyrrole nitrogens is 1. The Morgan fingerprint density at radius 1 is 1.21 bits per heavy atom. The van der Waals surface area contributed by atoms with E-state index in [9.17, 15) is 4.79 Å². The van der Waals surface area contributed by atoms with E-state index < -0.39 is 0 Å². The molecule has 0 radical (unpaired) electrons. The Labute approximate surface area is 118 Å². The Morgan fingerprint density at radius 2 is 2.00 bits per heavy atom. The van der Waals surface area contributed by atoms with Crippen LogP contribution in [-0.2, 0) is 0 Å². The first-order valence-corrected chi connectivity index (χ1v) is 6.81. The molecule has 0 atom stereocenters. The predicted molar refractivity (Wildman–Crippen MR) is 78.1 cm³/mol. The highest BCUT2D eigenvalue weighted by Crippen LogP contribution is 2.35. The van der Waals surface area contributed by atoms with Crippen LogP contribution in [0.3, 0.4) is 0 Å². The van der Waals surface area contributed by atoms with Gasteiger partial charge in [-0.1, -0.05) is 29.8 Å². The molecule has 0 unspecified atom stereocenters. The van der Waals surface area contributed by atoms with Gasteiger partial charge in [-0.3, -0.25) is 9.89 Å². The molecule has 1 aliphatic rings. The van der Waals surface area contributed by atoms with Gasteiger partial charge < -0.3 is 10.6 Å². The predicted octanol–water partition coefficient (Wildman–Crippen LogP) is 3.60. The zero-order valence-corrected chi connectivity index (χ0v) is 12.1. The van der Waals surface area contributed by atoms with E-state index in [1.165, 1.54) is 0 Å². The summed E-state index contributed by atoms with van der Waals surface area (Å²) in [5, 5.41) is 13.2. The number of carbonyl (C=O) groups is 1. The SMILES string of the molecule is CC(C)c1[nH]nc2c1C(=O)Nc1cc(Br)ccc1N2. The van der Waals surface area contributed by atoms with Crippen molar-refractivity contribution in [2.45, 2.75) is 19.8 Å². The quantitative estimate of drug-likeness (QED) is 0.751. The summed E-state index contributed by atoms with van der Waals surface area (Å²) in [4.78, 5) is 12.3. The van der Waals surface area contributed by atoms with Crippen molar-refractivity contribution in [3.05, 3.63) is 33.9 Å². The van der Waals surface area contributed by atoms with Gasteiger partial charge in [-0.15, -0.1) is 0 Å². The summed E-state index contributed by atoms with van der Waals surface area (Å²) in [6, 6.07) is 5.68. The first kappa shape index (κ1) is 12.2. The number of amides is 1. The fourth-order valence-corrected chi connectivity index (χ4v) is 2.50. The van der Waals surface area contributed by atoms with Gasteiger partial charge in [0, 0.05) is 4.47 Å². The average molecular weight is 321 g/mol. The molecule has 1 aromatic carbocycles. The lowest BCUT2D eigenvalue weighted by molar-refractivity contribution is 0.102. The molecule has 0 spiro atoms. The maximum atomic E-state index is 12.3. The first-order chi connectivity index (χ1) is 9.06. The molecule has 19 heavy (non-hydrogen) atoms. The van der Waals surface area contributed by atoms with Gasteiger partial charge in [0.25, 0.3) is 5.91 Å². The van der Waals surface area contributed by atoms with E-state index in [1.54, 1.807) is 0 Å². The molecule has 0 fully saturated rings. The normalized spacial score (nSPS) is 13.4. The standard InChI is InChI=1S/C13H13BrN4O/c1-6(2)11-10-12(18-17-11)15-8-4-3-7(14)5-9(8)16-13(10)19/h3-6H,1-2H3,(H,16,19)(H2,15,17,18). The van der Waals surface area contributed by atoms with Gasteiger partial charge in [0.1, 0.15) is 5.56 Å². The fourth-order valence-electron chi connectivity index (χ4n) is 2.13. The number of carbonyl (C=O) groups excluding carboxylic acids is 1. The van der Waals surface area contributed by atoms with Gasteiger partial charge in [0.15, 0.2) is 5.82 Å². The van der Waals surface area contributed by atoms with E-state index in [0.717, 1.165) is 21.5 Å². The third-order valence-electron chi connectivity index (χ3n) is 3.08. The maximum absolute atomic E-state index is 12.3. The van der Waals surface area contributed by atoms with E-state index in [0.29, 0.717) is 11.4 Å². The van der Waals surface area contributed by atoms with Crippen LogP contribution >= 0.6 is 15.9 Å². The van der Waals surface area contributed by atoms with E-state index in [4.69, 9.17) is 0 Å². The second-order valence-corrected chi connectivity index (χ2v) is 5.70. The molecule has 3 N–H and O–H groups in total. The van der Waals surface area contributed by atoms with Gasteiger partial charge in [-0.25, -0.2) is 0 Å². The minimum absolute atomic E-state index is 0.142. The largest absolute Gasteiger partial charge is 0.336 e. The second-order valence-electron chi connectivity index (χ2n) is 4.78. The van der Waals surface area contributed by atoms with Crippen molar-refractivity contribution in [1.82, 2.24) is 10.2 Å². The Morgan fingerprint density at radius 3 is 2.74 bits per heavy atom. The third-order valence-corrected chi connectivity index (χ3v) is 3.57. The van der Waals surface area contributed by atoms with Crippen LogP contribution in [0.4, 0.5) is 17.2 Å². The molecule has 0 aliphatic carbocycles. The molecule has 0 saturated heterocycles. The van der Waals surface area contributed by atoms with E-state index in [1.807, 2.05) is 32.0 Å². The summed E-state index contributed by atoms with van der Waals surface area (Å²) >= 11 is 3.40. The van der Waals surface area contributed by atoms with Crippen LogP contribution in [0.15, 0.2) is 22.7 Å². The summed E-state index contributed by atoms with van der Waals surface area (Å²) in [6.45, 7) is 4.05. The molecule has 0 saturated carbocycles. The molecule has 1 aliphatic heterocycles. The van der Waals surface area contributed by atoms with Crippen LogP contribution in [0.25, 0.3) is 0 Å². The van der Waals surface area contributed by atoms with Gasteiger partial charge >= 0.3 is 0 Å². The highest BCUT2D eigenvalue weighted by molar-refractivity contribution is 9.10. The highest BCUT2D eigenvalue weighted by Gasteiger charge is 2.26. The number of halogens is 1. The fraction of sp³-hybridized carbons (Fsp3) is 0.231. The number of benzene rings is 1. The van der Waals surface area contributed by atoms with Crippen molar-refractivity contribution in [2.75, 3.05) is 10.6 Å². The van der Waals surface area contributed by atoms with Crippen molar-refractivity contribution in [3.63, 3.8) is 0 Å². The summed E-state index contributed by atoms with van der Waals surface area (Å²) in [5.41, 5.74) is 3.00. The summed E-state index contributed by atoms with van der Waals surface area (Å²) in [5.74, 6) is 0.635. The monoisotopic (exact) mass is 320 g/mol. The summed E-state index contributed by atoms with van der Waals surface area (Å²) in [7, 11) is 0. The van der Waals surface area contributed by atoms with Crippen molar-refractivity contribution in [1.29, 1.82) is 0 Å². The number of nitrogens with one attached hydrogen (secondary N) is 3.